The van der Waals surface area contributed by atoms with Gasteiger partial charge < -0.3 is 5.11 Å². The summed E-state index contributed by atoms with van der Waals surface area (Å²) in [6, 6.07) is 21.8. The van der Waals surface area contributed by atoms with Crippen LogP contribution in [0.2, 0.25) is 0 Å². The predicted molar refractivity (Wildman–Crippen MR) is 129 cm³/mol. The zero-order chi connectivity index (χ0) is 21.5. The molecule has 0 radical (unpaired) electrons. The number of rotatable bonds is 3. The number of hydrogen-bond donors (Lipinski definition) is 1. The highest BCUT2D eigenvalue weighted by atomic mass is 32.1. The Morgan fingerprint density at radius 3 is 2.32 bits per heavy atom. The molecule has 5 rings (SSSR count). The van der Waals surface area contributed by atoms with Crippen molar-refractivity contribution >= 4 is 43.7 Å². The molecule has 4 nitrogen and oxygen atoms in total. The van der Waals surface area contributed by atoms with Gasteiger partial charge in [0.1, 0.15) is 10.7 Å². The van der Waals surface area contributed by atoms with Crippen molar-refractivity contribution in [3.63, 3.8) is 0 Å². The largest absolute Gasteiger partial charge is 0.505 e. The van der Waals surface area contributed by atoms with Gasteiger partial charge in [-0.2, -0.15) is 5.11 Å². The summed E-state index contributed by atoms with van der Waals surface area (Å²) >= 11 is 1.70. The fourth-order valence-corrected chi connectivity index (χ4v) is 4.76. The van der Waals surface area contributed by atoms with Crippen molar-refractivity contribution in [2.45, 2.75) is 20.8 Å². The van der Waals surface area contributed by atoms with Crippen molar-refractivity contribution < 1.29 is 5.11 Å². The molecule has 31 heavy (non-hydrogen) atoms. The van der Waals surface area contributed by atoms with Crippen LogP contribution in [0.1, 0.15) is 16.7 Å². The number of aromatic hydroxyl groups is 1. The summed E-state index contributed by atoms with van der Waals surface area (Å²) in [6.45, 7) is 6.24. The maximum Gasteiger partial charge on any atom is 0.150 e. The number of phenolic OH excluding ortho intramolecular Hbond substituents is 1. The Balaban J connectivity index is 1.45. The average molecular weight is 424 g/mol. The molecular formula is C26H21N3OS. The second kappa shape index (κ2) is 7.60. The van der Waals surface area contributed by atoms with Crippen LogP contribution in [-0.4, -0.2) is 10.1 Å². The lowest BCUT2D eigenvalue weighted by molar-refractivity contribution is 0.482. The minimum atomic E-state index is 0.154. The van der Waals surface area contributed by atoms with Crippen LogP contribution in [0.15, 0.2) is 77.0 Å². The Bertz CT molecular complexity index is 1470. The average Bonchev–Trinajstić information content (AvgIpc) is 3.23. The molecule has 152 valence electrons. The van der Waals surface area contributed by atoms with E-state index in [0.717, 1.165) is 38.1 Å². The highest BCUT2D eigenvalue weighted by Crippen LogP contribution is 2.38. The van der Waals surface area contributed by atoms with Gasteiger partial charge in [-0.15, -0.1) is 16.5 Å². The molecule has 0 unspecified atom stereocenters. The lowest BCUT2D eigenvalue weighted by atomic mass is 10.0. The van der Waals surface area contributed by atoms with Crippen LogP contribution < -0.4 is 0 Å². The smallest absolute Gasteiger partial charge is 0.150 e. The van der Waals surface area contributed by atoms with E-state index in [2.05, 4.69) is 36.2 Å². The van der Waals surface area contributed by atoms with Gasteiger partial charge in [0.05, 0.1) is 15.9 Å². The summed E-state index contributed by atoms with van der Waals surface area (Å²) in [7, 11) is 0. The standard InChI is InChI=1S/C26H21N3OS/c1-15-8-13-23-24(17(15)3)27-26(31-23)18-9-11-19(12-10-18)28-29-22-14-16(2)20-6-4-5-7-21(20)25(22)30/h4-14,30H,1-3H3. The Morgan fingerprint density at radius 2 is 1.55 bits per heavy atom. The molecule has 0 aliphatic rings. The zero-order valence-corrected chi connectivity index (χ0v) is 18.4. The number of nitrogens with zero attached hydrogens (tertiary/aromatic N) is 3. The Hall–Kier alpha value is -3.57. The molecule has 5 heteroatoms. The van der Waals surface area contributed by atoms with Crippen LogP contribution in [0.25, 0.3) is 31.6 Å². The van der Waals surface area contributed by atoms with Crippen LogP contribution in [0.5, 0.6) is 5.75 Å². The Labute approximate surface area is 184 Å². The molecule has 4 aromatic carbocycles. The van der Waals surface area contributed by atoms with Gasteiger partial charge in [-0.1, -0.05) is 30.3 Å². The SMILES string of the molecule is Cc1ccc2sc(-c3ccc(N=Nc4cc(C)c5ccccc5c4O)cc3)nc2c1C. The van der Waals surface area contributed by atoms with Crippen LogP contribution in [0.3, 0.4) is 0 Å². The van der Waals surface area contributed by atoms with Gasteiger partial charge in [-0.25, -0.2) is 4.98 Å². The normalized spacial score (nSPS) is 11.7. The topological polar surface area (TPSA) is 57.8 Å². The van der Waals surface area contributed by atoms with Gasteiger partial charge in [0, 0.05) is 10.9 Å². The molecule has 0 atom stereocenters. The summed E-state index contributed by atoms with van der Waals surface area (Å²) in [4.78, 5) is 4.85. The first-order valence-corrected chi connectivity index (χ1v) is 10.9. The molecule has 1 N–H and O–H groups in total. The summed E-state index contributed by atoms with van der Waals surface area (Å²) in [5.41, 5.74) is 6.87. The van der Waals surface area contributed by atoms with E-state index < -0.39 is 0 Å². The molecule has 0 bridgehead atoms. The van der Waals surface area contributed by atoms with Crippen LogP contribution in [-0.2, 0) is 0 Å². The number of hydrogen-bond acceptors (Lipinski definition) is 5. The molecule has 0 saturated carbocycles. The highest BCUT2D eigenvalue weighted by Gasteiger charge is 2.10. The Morgan fingerprint density at radius 1 is 0.806 bits per heavy atom. The fraction of sp³-hybridized carbons (Fsp3) is 0.115. The highest BCUT2D eigenvalue weighted by molar-refractivity contribution is 7.21. The first-order chi connectivity index (χ1) is 15.0. The first-order valence-electron chi connectivity index (χ1n) is 10.1. The van der Waals surface area contributed by atoms with Gasteiger partial charge in [0.2, 0.25) is 0 Å². The summed E-state index contributed by atoms with van der Waals surface area (Å²) in [5, 5.41) is 22.0. The molecule has 0 fully saturated rings. The van der Waals surface area contributed by atoms with Crippen LogP contribution >= 0.6 is 11.3 Å². The van der Waals surface area contributed by atoms with E-state index in [1.807, 2.05) is 61.5 Å². The number of benzene rings is 4. The fourth-order valence-electron chi connectivity index (χ4n) is 3.73. The molecule has 0 spiro atoms. The van der Waals surface area contributed by atoms with Gasteiger partial charge in [-0.05, 0) is 79.2 Å². The Kier molecular flexibility index (Phi) is 4.75. The van der Waals surface area contributed by atoms with Crippen molar-refractivity contribution in [3.05, 3.63) is 83.4 Å². The van der Waals surface area contributed by atoms with Crippen molar-refractivity contribution in [1.82, 2.24) is 4.98 Å². The lowest BCUT2D eigenvalue weighted by Crippen LogP contribution is -1.82. The number of azo groups is 1. The maximum absolute atomic E-state index is 10.6. The van der Waals surface area contributed by atoms with E-state index in [1.54, 1.807) is 11.3 Å². The third-order valence-corrected chi connectivity index (χ3v) is 6.74. The van der Waals surface area contributed by atoms with Crippen LogP contribution in [0, 0.1) is 20.8 Å². The van der Waals surface area contributed by atoms with Crippen molar-refractivity contribution in [2.75, 3.05) is 0 Å². The molecule has 1 heterocycles. The monoisotopic (exact) mass is 423 g/mol. The van der Waals surface area contributed by atoms with E-state index in [-0.39, 0.29) is 5.75 Å². The molecule has 1 aromatic heterocycles. The summed E-state index contributed by atoms with van der Waals surface area (Å²) in [5.74, 6) is 0.154. The third kappa shape index (κ3) is 3.47. The summed E-state index contributed by atoms with van der Waals surface area (Å²) < 4.78 is 1.20. The second-order valence-corrected chi connectivity index (χ2v) is 8.76. The summed E-state index contributed by atoms with van der Waals surface area (Å²) in [6.07, 6.45) is 0. The van der Waals surface area contributed by atoms with Gasteiger partial charge in [0.25, 0.3) is 0 Å². The van der Waals surface area contributed by atoms with Gasteiger partial charge in [0.15, 0.2) is 5.75 Å². The number of aromatic nitrogens is 1. The van der Waals surface area contributed by atoms with Gasteiger partial charge >= 0.3 is 0 Å². The molecule has 5 aromatic rings. The molecule has 0 amide bonds. The molecule has 0 aliphatic heterocycles. The molecule has 0 aliphatic carbocycles. The lowest BCUT2D eigenvalue weighted by Gasteiger charge is -2.07. The quantitative estimate of drug-likeness (QED) is 0.298. The van der Waals surface area contributed by atoms with Crippen LogP contribution in [0.4, 0.5) is 11.4 Å². The minimum Gasteiger partial charge on any atom is -0.505 e. The van der Waals surface area contributed by atoms with E-state index in [4.69, 9.17) is 4.98 Å². The van der Waals surface area contributed by atoms with E-state index in [9.17, 15) is 5.11 Å². The van der Waals surface area contributed by atoms with Crippen molar-refractivity contribution in [1.29, 1.82) is 0 Å². The first kappa shape index (κ1) is 19.4. The minimum absolute atomic E-state index is 0.154. The number of aryl methyl sites for hydroxylation is 3. The number of phenols is 1. The zero-order valence-electron chi connectivity index (χ0n) is 17.5. The van der Waals surface area contributed by atoms with Gasteiger partial charge in [-0.3, -0.25) is 0 Å². The van der Waals surface area contributed by atoms with Crippen molar-refractivity contribution in [2.24, 2.45) is 10.2 Å². The molecule has 0 saturated heterocycles. The van der Waals surface area contributed by atoms with Crippen molar-refractivity contribution in [3.8, 4) is 16.3 Å². The third-order valence-electron chi connectivity index (χ3n) is 5.68. The second-order valence-electron chi connectivity index (χ2n) is 7.73. The molecular weight excluding hydrogens is 402 g/mol. The van der Waals surface area contributed by atoms with E-state index in [0.29, 0.717) is 5.69 Å². The maximum atomic E-state index is 10.6. The predicted octanol–water partition coefficient (Wildman–Crippen LogP) is 8.16. The van der Waals surface area contributed by atoms with E-state index in [1.165, 1.54) is 15.8 Å². The number of thiazole rings is 1. The van der Waals surface area contributed by atoms with E-state index >= 15 is 0 Å². The number of fused-ring (bicyclic) bond motifs is 2.